The van der Waals surface area contributed by atoms with Crippen molar-refractivity contribution in [3.8, 4) is 0 Å². The molecule has 0 fully saturated rings. The molecule has 5 heteroatoms. The molecule has 0 aliphatic heterocycles. The summed E-state index contributed by atoms with van der Waals surface area (Å²) in [6.45, 7) is 2.33. The van der Waals surface area contributed by atoms with Crippen LogP contribution in [0.5, 0.6) is 0 Å². The molecule has 0 aliphatic rings. The number of hydrogen-bond donors (Lipinski definition) is 2. The maximum atomic E-state index is 11.2. The Bertz CT molecular complexity index is 265. The monoisotopic (exact) mass is 353 g/mol. The van der Waals surface area contributed by atoms with Crippen molar-refractivity contribution in [3.05, 3.63) is 0 Å². The third-order valence-electron chi connectivity index (χ3n) is 4.24. The van der Waals surface area contributed by atoms with E-state index in [4.69, 9.17) is 15.6 Å². The van der Waals surface area contributed by atoms with Crippen molar-refractivity contribution in [1.82, 2.24) is 0 Å². The van der Waals surface area contributed by atoms with Crippen molar-refractivity contribution < 1.29 is 14.6 Å². The number of unbranched alkanes of at least 4 members (excludes halogenated alkanes) is 13. The second-order valence-corrected chi connectivity index (χ2v) is 6.55. The van der Waals surface area contributed by atoms with E-state index < -0.39 is 12.0 Å². The van der Waals surface area contributed by atoms with Gasteiger partial charge in [0.2, 0.25) is 0 Å². The first-order valence-corrected chi connectivity index (χ1v) is 9.75. The molecule has 0 aromatic heterocycles. The molecule has 0 heterocycles. The van der Waals surface area contributed by atoms with E-state index in [-0.39, 0.29) is 36.2 Å². The van der Waals surface area contributed by atoms with Crippen molar-refractivity contribution >= 4 is 35.5 Å². The van der Waals surface area contributed by atoms with Crippen molar-refractivity contribution in [2.75, 3.05) is 13.2 Å². The van der Waals surface area contributed by atoms with Crippen LogP contribution in [-0.2, 0) is 9.53 Å². The number of aliphatic hydroxyl groups is 1. The first kappa shape index (κ1) is 26.6. The predicted molar refractivity (Wildman–Crippen MR) is 103 cm³/mol. The van der Waals surface area contributed by atoms with Crippen LogP contribution < -0.4 is 5.73 Å². The van der Waals surface area contributed by atoms with Crippen LogP contribution in [0.3, 0.4) is 0 Å². The minimum absolute atomic E-state index is 0. The number of hydrogen-bond acceptors (Lipinski definition) is 4. The molecule has 0 amide bonds. The molecule has 24 heavy (non-hydrogen) atoms. The van der Waals surface area contributed by atoms with Gasteiger partial charge in [-0.2, -0.15) is 0 Å². The maximum absolute atomic E-state index is 11.2. The Morgan fingerprint density at radius 1 is 0.833 bits per heavy atom. The van der Waals surface area contributed by atoms with Crippen LogP contribution in [0.15, 0.2) is 0 Å². The number of aliphatic hydroxyl groups excluding tert-OH is 1. The number of rotatable bonds is 17. The summed E-state index contributed by atoms with van der Waals surface area (Å²) in [6, 6.07) is -0.887. The first-order chi connectivity index (χ1) is 11.2. The van der Waals surface area contributed by atoms with E-state index in [0.717, 1.165) is 12.8 Å². The van der Waals surface area contributed by atoms with Crippen LogP contribution >= 0.6 is 0 Å². The van der Waals surface area contributed by atoms with Crippen LogP contribution in [0, 0.1) is 0 Å². The Morgan fingerprint density at radius 3 is 1.58 bits per heavy atom. The third kappa shape index (κ3) is 18.7. The van der Waals surface area contributed by atoms with Gasteiger partial charge in [-0.1, -0.05) is 90.4 Å². The molecule has 140 valence electrons. The van der Waals surface area contributed by atoms with Crippen molar-refractivity contribution in [1.29, 1.82) is 0 Å². The number of carbonyl (C=O) groups is 1. The fourth-order valence-electron chi connectivity index (χ4n) is 2.65. The van der Waals surface area contributed by atoms with Gasteiger partial charge < -0.3 is 15.6 Å². The second-order valence-electron chi connectivity index (χ2n) is 6.55. The summed E-state index contributed by atoms with van der Waals surface area (Å²) in [5.41, 5.74) is 5.35. The molecule has 0 aromatic rings. The van der Waals surface area contributed by atoms with E-state index in [0.29, 0.717) is 6.61 Å². The van der Waals surface area contributed by atoms with Gasteiger partial charge in [-0.3, -0.25) is 4.79 Å². The third-order valence-corrected chi connectivity index (χ3v) is 4.24. The van der Waals surface area contributed by atoms with Crippen molar-refractivity contribution in [2.24, 2.45) is 5.73 Å². The van der Waals surface area contributed by atoms with Gasteiger partial charge in [-0.25, -0.2) is 0 Å². The van der Waals surface area contributed by atoms with E-state index in [1.165, 1.54) is 77.0 Å². The molecule has 0 bridgehead atoms. The van der Waals surface area contributed by atoms with Crippen LogP contribution in [-0.4, -0.2) is 59.9 Å². The summed E-state index contributed by atoms with van der Waals surface area (Å²) in [4.78, 5) is 11.2. The van der Waals surface area contributed by atoms with Crippen LogP contribution in [0.1, 0.15) is 96.8 Å². The summed E-state index contributed by atoms with van der Waals surface area (Å²) < 4.78 is 4.98. The van der Waals surface area contributed by atoms with Crippen molar-refractivity contribution in [3.63, 3.8) is 0 Å². The molecule has 4 nitrogen and oxygen atoms in total. The Balaban J connectivity index is 0. The second kappa shape index (κ2) is 21.4. The van der Waals surface area contributed by atoms with E-state index in [1.54, 1.807) is 0 Å². The molecule has 1 atom stereocenters. The Morgan fingerprint density at radius 2 is 1.21 bits per heavy atom. The molecule has 0 saturated heterocycles. The van der Waals surface area contributed by atoms with Gasteiger partial charge in [-0.15, -0.1) is 0 Å². The van der Waals surface area contributed by atoms with E-state index in [1.807, 2.05) is 0 Å². The van der Waals surface area contributed by atoms with Gasteiger partial charge in [0, 0.05) is 0 Å². The molecule has 0 aromatic carbocycles. The number of ether oxygens (including phenoxy) is 1. The summed E-state index contributed by atoms with van der Waals surface area (Å²) in [5.74, 6) is -0.498. The molecule has 0 spiro atoms. The topological polar surface area (TPSA) is 72.5 Å². The quantitative estimate of drug-likeness (QED) is 0.238. The predicted octanol–water partition coefficient (Wildman–Crippen LogP) is 3.68. The van der Waals surface area contributed by atoms with Gasteiger partial charge in [0.25, 0.3) is 0 Å². The molecular formula is C19H40NNaO3. The van der Waals surface area contributed by atoms with E-state index >= 15 is 0 Å². The average Bonchev–Trinajstić information content (AvgIpc) is 2.57. The van der Waals surface area contributed by atoms with Crippen LogP contribution in [0.2, 0.25) is 0 Å². The van der Waals surface area contributed by atoms with Crippen LogP contribution in [0.25, 0.3) is 0 Å². The number of carbonyl (C=O) groups excluding carboxylic acids is 1. The Hall–Kier alpha value is 0.390. The Kier molecular flexibility index (Phi) is 23.8. The normalized spacial score (nSPS) is 11.8. The molecule has 0 saturated carbocycles. The SMILES string of the molecule is CCCCCCCCCCCCCCCCOC(=O)[C@@H](N)CO.[NaH]. The average molecular weight is 354 g/mol. The zero-order valence-electron chi connectivity index (χ0n) is 15.2. The fraction of sp³-hybridized carbons (Fsp3) is 0.947. The molecule has 0 radical (unpaired) electrons. The number of nitrogens with two attached hydrogens (primary N) is 1. The van der Waals surface area contributed by atoms with E-state index in [2.05, 4.69) is 6.92 Å². The zero-order valence-corrected chi connectivity index (χ0v) is 15.2. The summed E-state index contributed by atoms with van der Waals surface area (Å²) in [5, 5.41) is 8.70. The minimum atomic E-state index is -0.887. The number of esters is 1. The summed E-state index contributed by atoms with van der Waals surface area (Å²) in [6.07, 6.45) is 18.3. The van der Waals surface area contributed by atoms with Gasteiger partial charge in [0.1, 0.15) is 6.04 Å². The fourth-order valence-corrected chi connectivity index (χ4v) is 2.65. The summed E-state index contributed by atoms with van der Waals surface area (Å²) >= 11 is 0. The molecule has 0 aliphatic carbocycles. The standard InChI is InChI=1S/C19H39NO3.Na.H/c1-2-3-4-5-6-7-8-9-10-11-12-13-14-15-16-23-19(22)18(20)17-21;;/h18,21H,2-17,20H2,1H3;;/t18-;;/m0../s1. The Labute approximate surface area is 171 Å². The van der Waals surface area contributed by atoms with Gasteiger partial charge in [0.15, 0.2) is 0 Å². The van der Waals surface area contributed by atoms with Crippen molar-refractivity contribution in [2.45, 2.75) is 103 Å². The molecule has 0 rings (SSSR count). The van der Waals surface area contributed by atoms with Gasteiger partial charge >= 0.3 is 35.5 Å². The summed E-state index contributed by atoms with van der Waals surface area (Å²) in [7, 11) is 0. The molecule has 0 unspecified atom stereocenters. The molecule has 3 N–H and O–H groups in total. The van der Waals surface area contributed by atoms with Gasteiger partial charge in [0.05, 0.1) is 13.2 Å². The molecular weight excluding hydrogens is 313 g/mol. The van der Waals surface area contributed by atoms with Crippen LogP contribution in [0.4, 0.5) is 0 Å². The van der Waals surface area contributed by atoms with E-state index in [9.17, 15) is 4.79 Å². The van der Waals surface area contributed by atoms with Gasteiger partial charge in [-0.05, 0) is 6.42 Å². The zero-order chi connectivity index (χ0) is 17.2. The first-order valence-electron chi connectivity index (χ1n) is 9.75.